The van der Waals surface area contributed by atoms with Crippen LogP contribution in [0.4, 0.5) is 0 Å². The van der Waals surface area contributed by atoms with Crippen molar-refractivity contribution in [2.45, 2.75) is 13.0 Å². The maximum atomic E-state index is 12.0. The molecule has 1 amide bonds. The summed E-state index contributed by atoms with van der Waals surface area (Å²) >= 11 is 5.77. The number of piperazine rings is 1. The van der Waals surface area contributed by atoms with Crippen LogP contribution in [-0.4, -0.2) is 41.5 Å². The number of amides is 1. The highest BCUT2D eigenvalue weighted by atomic mass is 35.5. The molecule has 2 heterocycles. The van der Waals surface area contributed by atoms with Gasteiger partial charge in [-0.3, -0.25) is 4.79 Å². The number of hydrogen-bond donors (Lipinski definition) is 2. The second kappa shape index (κ2) is 4.24. The Morgan fingerprint density at radius 1 is 1.67 bits per heavy atom. The van der Waals surface area contributed by atoms with Gasteiger partial charge in [0.25, 0.3) is 5.91 Å². The first-order chi connectivity index (χ1) is 7.18. The first-order valence-electron chi connectivity index (χ1n) is 5.04. The second-order valence-corrected chi connectivity index (χ2v) is 4.22. The minimum Gasteiger partial charge on any atom is -0.356 e. The zero-order chi connectivity index (χ0) is 10.8. The van der Waals surface area contributed by atoms with Crippen molar-refractivity contribution in [3.8, 4) is 0 Å². The van der Waals surface area contributed by atoms with E-state index in [0.717, 1.165) is 19.6 Å². The van der Waals surface area contributed by atoms with E-state index in [9.17, 15) is 4.79 Å². The Morgan fingerprint density at radius 3 is 3.07 bits per heavy atom. The van der Waals surface area contributed by atoms with Crippen LogP contribution in [0.2, 0.25) is 5.02 Å². The topological polar surface area (TPSA) is 48.1 Å². The van der Waals surface area contributed by atoms with Gasteiger partial charge in [-0.2, -0.15) is 0 Å². The van der Waals surface area contributed by atoms with Gasteiger partial charge in [-0.25, -0.2) is 0 Å². The third kappa shape index (κ3) is 2.16. The number of carbonyl (C=O) groups is 1. The van der Waals surface area contributed by atoms with E-state index in [1.807, 2.05) is 11.8 Å². The maximum Gasteiger partial charge on any atom is 0.270 e. The molecular formula is C10H14ClN3O. The maximum absolute atomic E-state index is 12.0. The van der Waals surface area contributed by atoms with Gasteiger partial charge in [0.15, 0.2) is 0 Å². The third-order valence-corrected chi connectivity index (χ3v) is 2.86. The molecule has 2 rings (SSSR count). The van der Waals surface area contributed by atoms with E-state index in [4.69, 9.17) is 11.6 Å². The van der Waals surface area contributed by atoms with E-state index in [0.29, 0.717) is 10.7 Å². The number of nitrogens with one attached hydrogen (secondary N) is 2. The SMILES string of the molecule is C[C@H]1CNCCN1C(=O)c1cc(Cl)c[nH]1. The van der Waals surface area contributed by atoms with Gasteiger partial charge in [0.2, 0.25) is 0 Å². The van der Waals surface area contributed by atoms with Gasteiger partial charge in [0.1, 0.15) is 5.69 Å². The predicted octanol–water partition coefficient (Wildman–Crippen LogP) is 1.10. The number of hydrogen-bond acceptors (Lipinski definition) is 2. The number of carbonyl (C=O) groups excluding carboxylic acids is 1. The molecule has 0 saturated carbocycles. The molecule has 1 fully saturated rings. The van der Waals surface area contributed by atoms with Crippen LogP contribution in [0, 0.1) is 0 Å². The Bertz CT molecular complexity index is 363. The minimum atomic E-state index is 0.0240. The van der Waals surface area contributed by atoms with Crippen LogP contribution < -0.4 is 5.32 Å². The molecular weight excluding hydrogens is 214 g/mol. The van der Waals surface area contributed by atoms with Crippen molar-refractivity contribution in [1.82, 2.24) is 15.2 Å². The van der Waals surface area contributed by atoms with Crippen molar-refractivity contribution in [1.29, 1.82) is 0 Å². The normalized spacial score (nSPS) is 21.7. The van der Waals surface area contributed by atoms with Crippen LogP contribution in [0.25, 0.3) is 0 Å². The number of nitrogens with zero attached hydrogens (tertiary/aromatic N) is 1. The highest BCUT2D eigenvalue weighted by Gasteiger charge is 2.24. The summed E-state index contributed by atoms with van der Waals surface area (Å²) in [6.07, 6.45) is 1.63. The summed E-state index contributed by atoms with van der Waals surface area (Å²) in [5.41, 5.74) is 0.564. The molecule has 0 spiro atoms. The Kier molecular flexibility index (Phi) is 2.98. The molecule has 1 atom stereocenters. The number of halogens is 1. The van der Waals surface area contributed by atoms with E-state index in [1.54, 1.807) is 12.3 Å². The monoisotopic (exact) mass is 227 g/mol. The highest BCUT2D eigenvalue weighted by Crippen LogP contribution is 2.13. The summed E-state index contributed by atoms with van der Waals surface area (Å²) < 4.78 is 0. The van der Waals surface area contributed by atoms with Crippen LogP contribution in [0.3, 0.4) is 0 Å². The van der Waals surface area contributed by atoms with Gasteiger partial charge in [0.05, 0.1) is 5.02 Å². The zero-order valence-electron chi connectivity index (χ0n) is 8.59. The fraction of sp³-hybridized carbons (Fsp3) is 0.500. The molecule has 2 N–H and O–H groups in total. The number of aromatic nitrogens is 1. The van der Waals surface area contributed by atoms with Gasteiger partial charge in [-0.05, 0) is 13.0 Å². The lowest BCUT2D eigenvalue weighted by Crippen LogP contribution is -2.52. The van der Waals surface area contributed by atoms with Gasteiger partial charge >= 0.3 is 0 Å². The van der Waals surface area contributed by atoms with Crippen LogP contribution >= 0.6 is 11.6 Å². The molecule has 5 heteroatoms. The Balaban J connectivity index is 2.13. The zero-order valence-corrected chi connectivity index (χ0v) is 9.34. The third-order valence-electron chi connectivity index (χ3n) is 2.64. The van der Waals surface area contributed by atoms with Crippen molar-refractivity contribution in [2.24, 2.45) is 0 Å². The first-order valence-corrected chi connectivity index (χ1v) is 5.42. The first kappa shape index (κ1) is 10.5. The van der Waals surface area contributed by atoms with Crippen LogP contribution in [0.5, 0.6) is 0 Å². The molecule has 0 unspecified atom stereocenters. The van der Waals surface area contributed by atoms with Crippen molar-refractivity contribution in [2.75, 3.05) is 19.6 Å². The van der Waals surface area contributed by atoms with E-state index in [2.05, 4.69) is 10.3 Å². The van der Waals surface area contributed by atoms with Gasteiger partial charge < -0.3 is 15.2 Å². The van der Waals surface area contributed by atoms with Crippen molar-refractivity contribution < 1.29 is 4.79 Å². The molecule has 0 aromatic carbocycles. The van der Waals surface area contributed by atoms with Gasteiger partial charge in [0, 0.05) is 31.9 Å². The lowest BCUT2D eigenvalue weighted by atomic mass is 10.2. The Hall–Kier alpha value is -1.00. The summed E-state index contributed by atoms with van der Waals surface area (Å²) in [4.78, 5) is 16.8. The van der Waals surface area contributed by atoms with Crippen LogP contribution in [0.15, 0.2) is 12.3 Å². The summed E-state index contributed by atoms with van der Waals surface area (Å²) in [7, 11) is 0. The van der Waals surface area contributed by atoms with E-state index in [-0.39, 0.29) is 11.9 Å². The summed E-state index contributed by atoms with van der Waals surface area (Å²) in [5.74, 6) is 0.0240. The van der Waals surface area contributed by atoms with E-state index < -0.39 is 0 Å². The smallest absolute Gasteiger partial charge is 0.270 e. The molecule has 0 radical (unpaired) electrons. The second-order valence-electron chi connectivity index (χ2n) is 3.78. The Morgan fingerprint density at radius 2 is 2.47 bits per heavy atom. The van der Waals surface area contributed by atoms with E-state index >= 15 is 0 Å². The minimum absolute atomic E-state index is 0.0240. The lowest BCUT2D eigenvalue weighted by Gasteiger charge is -2.33. The molecule has 15 heavy (non-hydrogen) atoms. The van der Waals surface area contributed by atoms with Crippen molar-refractivity contribution in [3.63, 3.8) is 0 Å². The largest absolute Gasteiger partial charge is 0.356 e. The standard InChI is InChI=1S/C10H14ClN3O/c1-7-5-12-2-3-14(7)10(15)9-4-8(11)6-13-9/h4,6-7,12-13H,2-3,5H2,1H3/t7-/m0/s1. The predicted molar refractivity (Wildman–Crippen MR) is 59.2 cm³/mol. The quantitative estimate of drug-likeness (QED) is 0.755. The van der Waals surface area contributed by atoms with Crippen molar-refractivity contribution >= 4 is 17.5 Å². The highest BCUT2D eigenvalue weighted by molar-refractivity contribution is 6.30. The number of rotatable bonds is 1. The molecule has 0 bridgehead atoms. The molecule has 4 nitrogen and oxygen atoms in total. The Labute approximate surface area is 93.6 Å². The number of aromatic amines is 1. The van der Waals surface area contributed by atoms with Crippen LogP contribution in [-0.2, 0) is 0 Å². The van der Waals surface area contributed by atoms with Gasteiger partial charge in [-0.15, -0.1) is 0 Å². The van der Waals surface area contributed by atoms with Gasteiger partial charge in [-0.1, -0.05) is 11.6 Å². The lowest BCUT2D eigenvalue weighted by molar-refractivity contribution is 0.0650. The molecule has 1 saturated heterocycles. The molecule has 1 aromatic heterocycles. The summed E-state index contributed by atoms with van der Waals surface area (Å²) in [6, 6.07) is 1.90. The number of H-pyrrole nitrogens is 1. The van der Waals surface area contributed by atoms with Crippen LogP contribution in [0.1, 0.15) is 17.4 Å². The molecule has 1 aliphatic heterocycles. The molecule has 82 valence electrons. The summed E-state index contributed by atoms with van der Waals surface area (Å²) in [6.45, 7) is 4.48. The average molecular weight is 228 g/mol. The average Bonchev–Trinajstić information content (AvgIpc) is 2.65. The molecule has 0 aliphatic carbocycles. The van der Waals surface area contributed by atoms with Crippen molar-refractivity contribution in [3.05, 3.63) is 23.0 Å². The molecule has 1 aliphatic rings. The molecule has 1 aromatic rings. The fourth-order valence-corrected chi connectivity index (χ4v) is 1.95. The van der Waals surface area contributed by atoms with E-state index in [1.165, 1.54) is 0 Å². The summed E-state index contributed by atoms with van der Waals surface area (Å²) in [5, 5.41) is 3.82. The fourth-order valence-electron chi connectivity index (χ4n) is 1.79.